The number of allylic oxidation sites excluding steroid dienone is 2. The van der Waals surface area contributed by atoms with Crippen LogP contribution in [0, 0.1) is 4.91 Å². The van der Waals surface area contributed by atoms with Gasteiger partial charge in [0, 0.05) is 16.9 Å². The lowest BCUT2D eigenvalue weighted by molar-refractivity contribution is 0.885. The maximum Gasteiger partial charge on any atom is 0.0959 e. The number of hydrogen-bond acceptors (Lipinski definition) is 4. The zero-order valence-corrected chi connectivity index (χ0v) is 8.10. The van der Waals surface area contributed by atoms with E-state index < -0.39 is 0 Å². The molecule has 0 saturated carbocycles. The first-order valence-electron chi connectivity index (χ1n) is 3.70. The monoisotopic (exact) mass is 187 g/mol. The summed E-state index contributed by atoms with van der Waals surface area (Å²) in [5, 5.41) is 2.92. The summed E-state index contributed by atoms with van der Waals surface area (Å²) in [6, 6.07) is 0. The van der Waals surface area contributed by atoms with Gasteiger partial charge in [-0.05, 0) is 18.5 Å². The van der Waals surface area contributed by atoms with Crippen molar-refractivity contribution < 1.29 is 0 Å². The van der Waals surface area contributed by atoms with Crippen LogP contribution in [-0.4, -0.2) is 6.34 Å². The fourth-order valence-electron chi connectivity index (χ4n) is 0.685. The molecular formula is C7H13N3OS. The summed E-state index contributed by atoms with van der Waals surface area (Å²) in [5.74, 6) is 0. The van der Waals surface area contributed by atoms with Gasteiger partial charge < -0.3 is 5.73 Å². The molecule has 0 spiro atoms. The highest BCUT2D eigenvalue weighted by molar-refractivity contribution is 8.01. The summed E-state index contributed by atoms with van der Waals surface area (Å²) in [5.41, 5.74) is 5.61. The van der Waals surface area contributed by atoms with Crippen molar-refractivity contribution >= 4 is 18.3 Å². The first kappa shape index (κ1) is 11.2. The van der Waals surface area contributed by atoms with Crippen LogP contribution in [0.1, 0.15) is 26.7 Å². The molecule has 0 atom stereocenters. The van der Waals surface area contributed by atoms with Crippen molar-refractivity contribution in [2.24, 2.45) is 15.3 Å². The zero-order chi connectivity index (χ0) is 9.40. The molecule has 0 aromatic heterocycles. The molecule has 0 aliphatic rings. The summed E-state index contributed by atoms with van der Waals surface area (Å²) in [6.45, 7) is 3.80. The van der Waals surface area contributed by atoms with E-state index in [9.17, 15) is 4.91 Å². The molecule has 0 rings (SSSR count). The maximum atomic E-state index is 10.3. The maximum absolute atomic E-state index is 10.3. The molecule has 4 nitrogen and oxygen atoms in total. The van der Waals surface area contributed by atoms with E-state index in [4.69, 9.17) is 5.73 Å². The smallest absolute Gasteiger partial charge is 0.0959 e. The Balaban J connectivity index is 4.25. The van der Waals surface area contributed by atoms with Crippen LogP contribution < -0.4 is 5.73 Å². The van der Waals surface area contributed by atoms with Gasteiger partial charge in [-0.1, -0.05) is 13.3 Å². The fourth-order valence-corrected chi connectivity index (χ4v) is 1.15. The summed E-state index contributed by atoms with van der Waals surface area (Å²) in [4.78, 5) is 11.1. The van der Waals surface area contributed by atoms with Gasteiger partial charge in [-0.3, -0.25) is 0 Å². The van der Waals surface area contributed by atoms with Crippen LogP contribution in [0.15, 0.2) is 20.2 Å². The van der Waals surface area contributed by atoms with E-state index in [1.54, 1.807) is 0 Å². The summed E-state index contributed by atoms with van der Waals surface area (Å²) < 4.78 is 3.74. The first-order valence-corrected chi connectivity index (χ1v) is 4.47. The number of hydrogen-bond donors (Lipinski definition) is 1. The number of rotatable bonds is 5. The van der Waals surface area contributed by atoms with Gasteiger partial charge in [0.25, 0.3) is 0 Å². The number of nitrogens with two attached hydrogens (primary N) is 1. The molecule has 0 aromatic carbocycles. The van der Waals surface area contributed by atoms with Gasteiger partial charge >= 0.3 is 0 Å². The fraction of sp³-hybridized carbons (Fsp3) is 0.571. The Morgan fingerprint density at radius 2 is 2.33 bits per heavy atom. The van der Waals surface area contributed by atoms with E-state index in [0.717, 1.165) is 11.3 Å². The Hall–Kier alpha value is -0.840. The largest absolute Gasteiger partial charge is 0.389 e. The third-order valence-electron chi connectivity index (χ3n) is 1.25. The van der Waals surface area contributed by atoms with E-state index in [-0.39, 0.29) is 0 Å². The zero-order valence-electron chi connectivity index (χ0n) is 7.28. The average Bonchev–Trinajstić information content (AvgIpc) is 2.10. The van der Waals surface area contributed by atoms with Gasteiger partial charge in [-0.2, -0.15) is 0 Å². The van der Waals surface area contributed by atoms with Crippen LogP contribution in [0.3, 0.4) is 0 Å². The molecule has 0 amide bonds. The standard InChI is InChI=1S/C7H13N3OS/c1-3-4-7(10-11)6(2)12-9-5-8/h5H,3-4H2,1-2H3,(H2,8,9)/b7-6-. The van der Waals surface area contributed by atoms with Gasteiger partial charge in [-0.25, -0.2) is 4.40 Å². The predicted octanol–water partition coefficient (Wildman–Crippen LogP) is 2.42. The molecule has 2 N–H and O–H groups in total. The van der Waals surface area contributed by atoms with E-state index in [2.05, 4.69) is 9.57 Å². The Morgan fingerprint density at radius 3 is 2.75 bits per heavy atom. The summed E-state index contributed by atoms with van der Waals surface area (Å²) in [7, 11) is 0. The lowest BCUT2D eigenvalue weighted by atomic mass is 10.2. The number of nitroso groups, excluding NO2 is 1. The lowest BCUT2D eigenvalue weighted by Gasteiger charge is -1.98. The van der Waals surface area contributed by atoms with Crippen molar-refractivity contribution in [3.8, 4) is 0 Å². The molecule has 0 aliphatic heterocycles. The van der Waals surface area contributed by atoms with E-state index in [1.165, 1.54) is 18.3 Å². The minimum atomic E-state index is 0.563. The molecule has 0 fully saturated rings. The van der Waals surface area contributed by atoms with E-state index in [1.807, 2.05) is 13.8 Å². The third kappa shape index (κ3) is 4.12. The summed E-state index contributed by atoms with van der Waals surface area (Å²) >= 11 is 1.18. The molecule has 0 radical (unpaired) electrons. The highest BCUT2D eigenvalue weighted by atomic mass is 32.2. The van der Waals surface area contributed by atoms with Crippen LogP contribution in [0.25, 0.3) is 0 Å². The van der Waals surface area contributed by atoms with Crippen LogP contribution >= 0.6 is 11.9 Å². The normalized spacial score (nSPS) is 13.2. The molecule has 0 aromatic rings. The molecular weight excluding hydrogens is 174 g/mol. The second-order valence-electron chi connectivity index (χ2n) is 2.19. The number of nitrogens with zero attached hydrogens (tertiary/aromatic N) is 2. The van der Waals surface area contributed by atoms with Crippen LogP contribution in [0.2, 0.25) is 0 Å². The highest BCUT2D eigenvalue weighted by Crippen LogP contribution is 2.23. The lowest BCUT2D eigenvalue weighted by Crippen LogP contribution is -1.86. The summed E-state index contributed by atoms with van der Waals surface area (Å²) in [6.07, 6.45) is 2.80. The van der Waals surface area contributed by atoms with Gasteiger partial charge in [-0.15, -0.1) is 4.91 Å². The average molecular weight is 187 g/mol. The van der Waals surface area contributed by atoms with Gasteiger partial charge in [0.05, 0.1) is 12.0 Å². The van der Waals surface area contributed by atoms with Crippen LogP contribution in [0.5, 0.6) is 0 Å². The van der Waals surface area contributed by atoms with E-state index in [0.29, 0.717) is 12.1 Å². The molecule has 68 valence electrons. The first-order chi connectivity index (χ1) is 5.76. The van der Waals surface area contributed by atoms with Gasteiger partial charge in [0.2, 0.25) is 0 Å². The molecule has 5 heteroatoms. The van der Waals surface area contributed by atoms with Crippen molar-refractivity contribution in [3.63, 3.8) is 0 Å². The van der Waals surface area contributed by atoms with Crippen molar-refractivity contribution in [1.82, 2.24) is 0 Å². The topological polar surface area (TPSA) is 67.8 Å². The van der Waals surface area contributed by atoms with Crippen molar-refractivity contribution in [3.05, 3.63) is 15.5 Å². The van der Waals surface area contributed by atoms with Crippen molar-refractivity contribution in [2.75, 3.05) is 0 Å². The van der Waals surface area contributed by atoms with E-state index >= 15 is 0 Å². The molecule has 0 heterocycles. The minimum Gasteiger partial charge on any atom is -0.389 e. The molecule has 0 aliphatic carbocycles. The Kier molecular flexibility index (Phi) is 6.37. The Labute approximate surface area is 76.4 Å². The van der Waals surface area contributed by atoms with Gasteiger partial charge in [0.15, 0.2) is 0 Å². The second kappa shape index (κ2) is 6.84. The van der Waals surface area contributed by atoms with Crippen molar-refractivity contribution in [1.29, 1.82) is 0 Å². The molecule has 0 saturated heterocycles. The predicted molar refractivity (Wildman–Crippen MR) is 53.7 cm³/mol. The molecule has 0 unspecified atom stereocenters. The van der Waals surface area contributed by atoms with Crippen molar-refractivity contribution in [2.45, 2.75) is 26.7 Å². The van der Waals surface area contributed by atoms with Crippen LogP contribution in [0.4, 0.5) is 0 Å². The third-order valence-corrected chi connectivity index (χ3v) is 1.99. The van der Waals surface area contributed by atoms with Gasteiger partial charge in [0.1, 0.15) is 0 Å². The Morgan fingerprint density at radius 1 is 1.67 bits per heavy atom. The minimum absolute atomic E-state index is 0.563. The Bertz CT molecular complexity index is 201. The highest BCUT2D eigenvalue weighted by Gasteiger charge is 2.01. The quantitative estimate of drug-likeness (QED) is 0.311. The molecule has 12 heavy (non-hydrogen) atoms. The van der Waals surface area contributed by atoms with Crippen LogP contribution in [-0.2, 0) is 0 Å². The molecule has 0 bridgehead atoms. The second-order valence-corrected chi connectivity index (χ2v) is 3.20. The SMILES string of the molecule is CCC/C(N=O)=C(\C)SN=CN.